The van der Waals surface area contributed by atoms with E-state index in [-0.39, 0.29) is 18.6 Å². The van der Waals surface area contributed by atoms with Crippen molar-refractivity contribution in [2.24, 2.45) is 0 Å². The van der Waals surface area contributed by atoms with Crippen molar-refractivity contribution in [3.05, 3.63) is 66.6 Å². The van der Waals surface area contributed by atoms with Crippen LogP contribution in [0.2, 0.25) is 0 Å². The number of carbonyl (C=O) groups is 1. The summed E-state index contributed by atoms with van der Waals surface area (Å²) in [7, 11) is -5.80. The van der Waals surface area contributed by atoms with Crippen LogP contribution < -0.4 is 4.18 Å². The Morgan fingerprint density at radius 3 is 2.55 bits per heavy atom. The van der Waals surface area contributed by atoms with Gasteiger partial charge in [-0.3, -0.25) is 4.79 Å². The molecule has 1 aliphatic carbocycles. The van der Waals surface area contributed by atoms with Crippen molar-refractivity contribution >= 4 is 15.9 Å². The first-order valence-corrected chi connectivity index (χ1v) is 9.60. The molecule has 1 atom stereocenters. The third-order valence-electron chi connectivity index (χ3n) is 4.41. The Morgan fingerprint density at radius 2 is 2.00 bits per heavy atom. The van der Waals surface area contributed by atoms with Gasteiger partial charge in [0, 0.05) is 6.42 Å². The second-order valence-electron chi connectivity index (χ2n) is 6.11. The highest BCUT2D eigenvalue weighted by atomic mass is 32.2. The molecule has 1 aromatic heterocycles. The van der Waals surface area contributed by atoms with Crippen molar-refractivity contribution in [2.45, 2.75) is 30.2 Å². The Hall–Kier alpha value is -3.06. The molecule has 0 N–H and O–H groups in total. The second-order valence-corrected chi connectivity index (χ2v) is 7.65. The summed E-state index contributed by atoms with van der Waals surface area (Å²) in [5, 5.41) is 9.56. The fourth-order valence-corrected chi connectivity index (χ4v) is 3.42. The minimum atomic E-state index is -5.80. The Labute approximate surface area is 165 Å². The van der Waals surface area contributed by atoms with Crippen molar-refractivity contribution in [2.75, 3.05) is 0 Å². The number of hydrogen-bond acceptors (Lipinski definition) is 6. The monoisotopic (exact) mass is 427 g/mol. The average Bonchev–Trinajstić information content (AvgIpc) is 3.19. The van der Waals surface area contributed by atoms with Gasteiger partial charge in [0.15, 0.2) is 5.78 Å². The lowest BCUT2D eigenvalue weighted by Crippen LogP contribution is -2.38. The molecular formula is C19H16F3NO5S. The molecular weight excluding hydrogens is 411 g/mol. The lowest BCUT2D eigenvalue weighted by molar-refractivity contribution is -0.0500. The first kappa shape index (κ1) is 22.2. The van der Waals surface area contributed by atoms with Gasteiger partial charge in [0.05, 0.1) is 23.3 Å². The molecule has 154 valence electrons. The largest absolute Gasteiger partial charge is 0.534 e. The van der Waals surface area contributed by atoms with Gasteiger partial charge in [-0.1, -0.05) is 6.07 Å². The van der Waals surface area contributed by atoms with E-state index < -0.39 is 26.8 Å². The molecule has 0 saturated heterocycles. The zero-order chi connectivity index (χ0) is 21.9. The number of nitrogens with zero attached hydrogens (tertiary/aromatic N) is 1. The molecule has 0 fully saturated rings. The Balaban J connectivity index is 0.00000145. The van der Waals surface area contributed by atoms with Gasteiger partial charge in [0.25, 0.3) is 0 Å². The van der Waals surface area contributed by atoms with E-state index >= 15 is 0 Å². The van der Waals surface area contributed by atoms with E-state index in [2.05, 4.69) is 23.4 Å². The van der Waals surface area contributed by atoms with Crippen LogP contribution in [0.4, 0.5) is 13.2 Å². The molecule has 6 nitrogen and oxygen atoms in total. The van der Waals surface area contributed by atoms with Gasteiger partial charge in [-0.25, -0.2) is 0 Å². The summed E-state index contributed by atoms with van der Waals surface area (Å²) in [6.07, 6.45) is 3.10. The van der Waals surface area contributed by atoms with E-state index in [1.807, 2.05) is 0 Å². The SMILES string of the molecule is C=C.N#CC1(CCC(=O)c2ccoc2)Cc2ccc(OS(=O)(=O)C(F)(F)F)cc21. The van der Waals surface area contributed by atoms with Crippen LogP contribution in [-0.4, -0.2) is 19.7 Å². The molecule has 3 rings (SSSR count). The summed E-state index contributed by atoms with van der Waals surface area (Å²) >= 11 is 0. The fraction of sp³-hybridized carbons (Fsp3) is 0.263. The standard InChI is InChI=1S/C17H12F3NO5S.C2H4/c18-17(19,20)27(23,24)26-13-2-1-11-8-16(10-21,14(11)7-13)5-3-15(22)12-4-6-25-9-12;1-2/h1-2,4,6-7,9H,3,5,8H2;1-2H2. The van der Waals surface area contributed by atoms with Crippen LogP contribution in [-0.2, 0) is 22.0 Å². The van der Waals surface area contributed by atoms with Crippen LogP contribution in [0.1, 0.15) is 34.3 Å². The average molecular weight is 427 g/mol. The minimum Gasteiger partial charge on any atom is -0.472 e. The normalized spacial score (nSPS) is 17.7. The molecule has 0 aliphatic heterocycles. The zero-order valence-corrected chi connectivity index (χ0v) is 15.8. The highest BCUT2D eigenvalue weighted by Gasteiger charge is 2.49. The van der Waals surface area contributed by atoms with Gasteiger partial charge in [0.1, 0.15) is 12.0 Å². The van der Waals surface area contributed by atoms with Gasteiger partial charge in [0.2, 0.25) is 0 Å². The topological polar surface area (TPSA) is 97.4 Å². The summed E-state index contributed by atoms with van der Waals surface area (Å²) in [6.45, 7) is 6.00. The molecule has 0 radical (unpaired) electrons. The van der Waals surface area contributed by atoms with Gasteiger partial charge >= 0.3 is 15.6 Å². The smallest absolute Gasteiger partial charge is 0.472 e. The van der Waals surface area contributed by atoms with Gasteiger partial charge in [-0.05, 0) is 42.2 Å². The molecule has 1 unspecified atom stereocenters. The molecule has 0 saturated carbocycles. The fourth-order valence-electron chi connectivity index (χ4n) is 2.97. The molecule has 10 heteroatoms. The number of carbonyl (C=O) groups excluding carboxylic acids is 1. The molecule has 2 aromatic rings. The van der Waals surface area contributed by atoms with E-state index in [0.717, 1.165) is 12.1 Å². The Kier molecular flexibility index (Phi) is 6.23. The minimum absolute atomic E-state index is 0.0263. The number of halogens is 3. The molecule has 1 aromatic carbocycles. The molecule has 1 aliphatic rings. The maximum absolute atomic E-state index is 12.5. The summed E-state index contributed by atoms with van der Waals surface area (Å²) in [5.41, 5.74) is -5.24. The van der Waals surface area contributed by atoms with E-state index in [1.54, 1.807) is 0 Å². The summed E-state index contributed by atoms with van der Waals surface area (Å²) < 4.78 is 68.6. The van der Waals surface area contributed by atoms with Gasteiger partial charge in [-0.2, -0.15) is 26.9 Å². The summed E-state index contributed by atoms with van der Waals surface area (Å²) in [6, 6.07) is 7.19. The quantitative estimate of drug-likeness (QED) is 0.295. The third-order valence-corrected chi connectivity index (χ3v) is 5.39. The van der Waals surface area contributed by atoms with Crippen molar-refractivity contribution in [3.8, 4) is 11.8 Å². The molecule has 0 bridgehead atoms. The number of nitriles is 1. The number of hydrogen-bond donors (Lipinski definition) is 0. The Morgan fingerprint density at radius 1 is 1.31 bits per heavy atom. The van der Waals surface area contributed by atoms with Crippen LogP contribution in [0.3, 0.4) is 0 Å². The first-order valence-electron chi connectivity index (χ1n) is 8.19. The van der Waals surface area contributed by atoms with Gasteiger partial charge in [-0.15, -0.1) is 13.2 Å². The number of rotatable bonds is 6. The number of furan rings is 1. The predicted octanol–water partition coefficient (Wildman–Crippen LogP) is 4.29. The lowest BCUT2D eigenvalue weighted by atomic mass is 9.62. The van der Waals surface area contributed by atoms with Crippen molar-refractivity contribution in [1.82, 2.24) is 0 Å². The summed E-state index contributed by atoms with van der Waals surface area (Å²) in [5.74, 6) is -0.773. The number of benzene rings is 1. The van der Waals surface area contributed by atoms with E-state index in [0.29, 0.717) is 23.1 Å². The van der Waals surface area contributed by atoms with Gasteiger partial charge < -0.3 is 8.60 Å². The van der Waals surface area contributed by atoms with Crippen molar-refractivity contribution < 1.29 is 35.0 Å². The van der Waals surface area contributed by atoms with Crippen LogP contribution in [0, 0.1) is 11.3 Å². The summed E-state index contributed by atoms with van der Waals surface area (Å²) in [4.78, 5) is 12.1. The number of Topliss-reactive ketones (excluding diaryl/α,β-unsaturated/α-hetero) is 1. The number of fused-ring (bicyclic) bond motifs is 1. The Bertz CT molecular complexity index is 1040. The molecule has 0 amide bonds. The first-order chi connectivity index (χ1) is 13.6. The lowest BCUT2D eigenvalue weighted by Gasteiger charge is -2.38. The van der Waals surface area contributed by atoms with Crippen molar-refractivity contribution in [3.63, 3.8) is 0 Å². The number of ketones is 1. The second kappa shape index (κ2) is 8.13. The molecule has 29 heavy (non-hydrogen) atoms. The van der Waals surface area contributed by atoms with Crippen LogP contribution >= 0.6 is 0 Å². The van der Waals surface area contributed by atoms with Crippen molar-refractivity contribution in [1.29, 1.82) is 5.26 Å². The maximum atomic E-state index is 12.5. The highest BCUT2D eigenvalue weighted by Crippen LogP contribution is 2.46. The van der Waals surface area contributed by atoms with E-state index in [1.165, 1.54) is 24.7 Å². The zero-order valence-electron chi connectivity index (χ0n) is 15.0. The van der Waals surface area contributed by atoms with E-state index in [4.69, 9.17) is 4.42 Å². The van der Waals surface area contributed by atoms with Crippen LogP contribution in [0.25, 0.3) is 0 Å². The van der Waals surface area contributed by atoms with Crippen LogP contribution in [0.5, 0.6) is 5.75 Å². The molecule has 1 heterocycles. The molecule has 0 spiro atoms. The van der Waals surface area contributed by atoms with Crippen LogP contribution in [0.15, 0.2) is 54.4 Å². The van der Waals surface area contributed by atoms with E-state index in [9.17, 15) is 31.6 Å². The predicted molar refractivity (Wildman–Crippen MR) is 96.6 cm³/mol. The third kappa shape index (κ3) is 4.35. The maximum Gasteiger partial charge on any atom is 0.534 e. The number of alkyl halides is 3. The highest BCUT2D eigenvalue weighted by molar-refractivity contribution is 7.88.